The molecule has 0 amide bonds. The third-order valence-corrected chi connectivity index (χ3v) is 1.23. The quantitative estimate of drug-likeness (QED) is 0.301. The molecule has 4 nitrogen and oxygen atoms in total. The number of ether oxygens (including phenoxy) is 2. The van der Waals surface area contributed by atoms with Crippen LogP contribution in [0.15, 0.2) is 11.8 Å². The van der Waals surface area contributed by atoms with Gasteiger partial charge in [0, 0.05) is 17.7 Å². The maximum atomic E-state index is 10.8. The number of halogens is 1. The Morgan fingerprint density at radius 3 is 2.85 bits per heavy atom. The van der Waals surface area contributed by atoms with Crippen molar-refractivity contribution in [3.63, 3.8) is 0 Å². The molecule has 76 valence electrons. The number of esters is 1. The van der Waals surface area contributed by atoms with Crippen LogP contribution in [0.5, 0.6) is 0 Å². The predicted octanol–water partition coefficient (Wildman–Crippen LogP) is 0.648. The Hall–Kier alpha value is -0.740. The van der Waals surface area contributed by atoms with Gasteiger partial charge in [0.2, 0.25) is 0 Å². The second kappa shape index (κ2) is 7.89. The first-order valence-corrected chi connectivity index (χ1v) is 4.50. The molecule has 0 aliphatic heterocycles. The van der Waals surface area contributed by atoms with Crippen molar-refractivity contribution in [2.45, 2.75) is 6.92 Å². The Labute approximate surface area is 82.6 Å². The van der Waals surface area contributed by atoms with Crippen molar-refractivity contribution in [2.75, 3.05) is 25.7 Å². The maximum absolute atomic E-state index is 10.8. The second-order valence-corrected chi connectivity index (χ2v) is 2.59. The van der Waals surface area contributed by atoms with Gasteiger partial charge in [-0.1, -0.05) is 0 Å². The zero-order chi connectivity index (χ0) is 10.1. The predicted molar refractivity (Wildman–Crippen MR) is 50.4 cm³/mol. The van der Waals surface area contributed by atoms with Crippen LogP contribution in [0, 0.1) is 0 Å². The molecule has 0 saturated heterocycles. The molecular formula is C8H14ClNO3. The van der Waals surface area contributed by atoms with E-state index in [-0.39, 0.29) is 6.61 Å². The topological polar surface area (TPSA) is 61.5 Å². The Balaban J connectivity index is 3.67. The standard InChI is InChI=1S/C8H14ClNO3/c1-2-13-8(11)5-7(10)6-12-4-3-9/h5H,2-4,6,10H2,1H3/b7-5-. The molecule has 0 bridgehead atoms. The van der Waals surface area contributed by atoms with Crippen LogP contribution in [0.1, 0.15) is 6.92 Å². The van der Waals surface area contributed by atoms with Gasteiger partial charge in [0.25, 0.3) is 0 Å². The molecule has 0 aromatic heterocycles. The minimum atomic E-state index is -0.450. The van der Waals surface area contributed by atoms with E-state index in [1.54, 1.807) is 6.92 Å². The fraction of sp³-hybridized carbons (Fsp3) is 0.625. The van der Waals surface area contributed by atoms with Crippen LogP contribution in [0.2, 0.25) is 0 Å². The molecular weight excluding hydrogens is 194 g/mol. The molecule has 0 rings (SSSR count). The molecule has 5 heteroatoms. The van der Waals surface area contributed by atoms with E-state index in [4.69, 9.17) is 22.1 Å². The van der Waals surface area contributed by atoms with Gasteiger partial charge in [-0.3, -0.25) is 0 Å². The monoisotopic (exact) mass is 207 g/mol. The van der Waals surface area contributed by atoms with E-state index >= 15 is 0 Å². The summed E-state index contributed by atoms with van der Waals surface area (Å²) in [7, 11) is 0. The van der Waals surface area contributed by atoms with Gasteiger partial charge in [-0.25, -0.2) is 4.79 Å². The first-order chi connectivity index (χ1) is 6.20. The van der Waals surface area contributed by atoms with Crippen LogP contribution >= 0.6 is 11.6 Å². The molecule has 0 aliphatic rings. The van der Waals surface area contributed by atoms with Crippen LogP contribution in [0.3, 0.4) is 0 Å². The third kappa shape index (κ3) is 7.62. The van der Waals surface area contributed by atoms with Crippen molar-refractivity contribution in [2.24, 2.45) is 5.73 Å². The molecule has 0 aliphatic carbocycles. The summed E-state index contributed by atoms with van der Waals surface area (Å²) in [5, 5.41) is 0. The smallest absolute Gasteiger partial charge is 0.332 e. The molecule has 13 heavy (non-hydrogen) atoms. The lowest BCUT2D eigenvalue weighted by Crippen LogP contribution is -2.11. The Kier molecular flexibility index (Phi) is 7.44. The minimum Gasteiger partial charge on any atom is -0.463 e. The zero-order valence-electron chi connectivity index (χ0n) is 7.59. The second-order valence-electron chi connectivity index (χ2n) is 2.21. The third-order valence-electron chi connectivity index (χ3n) is 1.08. The SMILES string of the molecule is CCOC(=O)/C=C(\N)COCCCl. The first-order valence-electron chi connectivity index (χ1n) is 3.97. The van der Waals surface area contributed by atoms with Crippen LogP contribution in [-0.2, 0) is 14.3 Å². The summed E-state index contributed by atoms with van der Waals surface area (Å²) in [5.74, 6) is -0.0402. The number of nitrogens with two attached hydrogens (primary N) is 1. The highest BCUT2D eigenvalue weighted by Crippen LogP contribution is 1.89. The van der Waals surface area contributed by atoms with Gasteiger partial charge in [0.15, 0.2) is 0 Å². The molecule has 2 N–H and O–H groups in total. The lowest BCUT2D eigenvalue weighted by molar-refractivity contribution is -0.137. The van der Waals surface area contributed by atoms with Crippen molar-refractivity contribution < 1.29 is 14.3 Å². The van der Waals surface area contributed by atoms with E-state index in [9.17, 15) is 4.79 Å². The first kappa shape index (κ1) is 12.3. The molecule has 0 saturated carbocycles. The molecule has 0 aromatic rings. The van der Waals surface area contributed by atoms with Crippen LogP contribution in [-0.4, -0.2) is 31.7 Å². The van der Waals surface area contributed by atoms with Crippen molar-refractivity contribution in [3.05, 3.63) is 11.8 Å². The summed E-state index contributed by atoms with van der Waals surface area (Å²) >= 11 is 5.36. The van der Waals surface area contributed by atoms with E-state index in [0.29, 0.717) is 24.8 Å². The van der Waals surface area contributed by atoms with Gasteiger partial charge >= 0.3 is 5.97 Å². The van der Waals surface area contributed by atoms with E-state index < -0.39 is 5.97 Å². The summed E-state index contributed by atoms with van der Waals surface area (Å²) in [4.78, 5) is 10.8. The normalized spacial score (nSPS) is 11.4. The van der Waals surface area contributed by atoms with E-state index in [2.05, 4.69) is 4.74 Å². The van der Waals surface area contributed by atoms with Gasteiger partial charge in [-0.05, 0) is 6.92 Å². The van der Waals surface area contributed by atoms with Crippen molar-refractivity contribution >= 4 is 17.6 Å². The van der Waals surface area contributed by atoms with Gasteiger partial charge in [-0.2, -0.15) is 0 Å². The van der Waals surface area contributed by atoms with Crippen LogP contribution < -0.4 is 5.73 Å². The summed E-state index contributed by atoms with van der Waals surface area (Å²) in [6.45, 7) is 2.68. The Bertz CT molecular complexity index is 182. The Morgan fingerprint density at radius 1 is 1.62 bits per heavy atom. The fourth-order valence-electron chi connectivity index (χ4n) is 0.622. The average molecular weight is 208 g/mol. The lowest BCUT2D eigenvalue weighted by Gasteiger charge is -2.02. The fourth-order valence-corrected chi connectivity index (χ4v) is 0.731. The highest BCUT2D eigenvalue weighted by Gasteiger charge is 1.98. The van der Waals surface area contributed by atoms with Crippen molar-refractivity contribution in [1.29, 1.82) is 0 Å². The minimum absolute atomic E-state index is 0.200. The number of hydrogen-bond acceptors (Lipinski definition) is 4. The summed E-state index contributed by atoms with van der Waals surface area (Å²) in [6, 6.07) is 0. The molecule has 0 aromatic carbocycles. The molecule has 0 atom stereocenters. The molecule has 0 spiro atoms. The number of hydrogen-bond donors (Lipinski definition) is 1. The van der Waals surface area contributed by atoms with Crippen LogP contribution in [0.4, 0.5) is 0 Å². The largest absolute Gasteiger partial charge is 0.463 e. The van der Waals surface area contributed by atoms with E-state index in [1.165, 1.54) is 6.08 Å². The van der Waals surface area contributed by atoms with Crippen molar-refractivity contribution in [3.8, 4) is 0 Å². The molecule has 0 unspecified atom stereocenters. The summed E-state index contributed by atoms with van der Waals surface area (Å²) in [6.07, 6.45) is 1.21. The van der Waals surface area contributed by atoms with Crippen LogP contribution in [0.25, 0.3) is 0 Å². The lowest BCUT2D eigenvalue weighted by atomic mass is 10.4. The van der Waals surface area contributed by atoms with Gasteiger partial charge < -0.3 is 15.2 Å². The maximum Gasteiger partial charge on any atom is 0.332 e. The highest BCUT2D eigenvalue weighted by atomic mass is 35.5. The van der Waals surface area contributed by atoms with E-state index in [1.807, 2.05) is 0 Å². The summed E-state index contributed by atoms with van der Waals surface area (Å²) < 4.78 is 9.63. The molecule has 0 fully saturated rings. The molecule has 0 radical (unpaired) electrons. The Morgan fingerprint density at radius 2 is 2.31 bits per heavy atom. The van der Waals surface area contributed by atoms with E-state index in [0.717, 1.165) is 0 Å². The average Bonchev–Trinajstić information content (AvgIpc) is 2.05. The number of rotatable bonds is 6. The number of carbonyl (C=O) groups is 1. The molecule has 0 heterocycles. The van der Waals surface area contributed by atoms with Crippen molar-refractivity contribution in [1.82, 2.24) is 0 Å². The summed E-state index contributed by atoms with van der Waals surface area (Å²) in [5.41, 5.74) is 5.77. The number of alkyl halides is 1. The highest BCUT2D eigenvalue weighted by molar-refractivity contribution is 6.17. The van der Waals surface area contributed by atoms with Gasteiger partial charge in [0.05, 0.1) is 19.8 Å². The van der Waals surface area contributed by atoms with Gasteiger partial charge in [-0.15, -0.1) is 11.6 Å². The number of carbonyl (C=O) groups excluding carboxylic acids is 1. The van der Waals surface area contributed by atoms with Gasteiger partial charge in [0.1, 0.15) is 0 Å². The zero-order valence-corrected chi connectivity index (χ0v) is 8.34.